The van der Waals surface area contributed by atoms with Crippen molar-refractivity contribution in [3.63, 3.8) is 0 Å². The van der Waals surface area contributed by atoms with Crippen molar-refractivity contribution in [2.45, 2.75) is 24.5 Å². The quantitative estimate of drug-likeness (QED) is 0.616. The summed E-state index contributed by atoms with van der Waals surface area (Å²) >= 11 is 0. The Hall–Kier alpha value is -0.960. The van der Waals surface area contributed by atoms with E-state index in [1.54, 1.807) is 7.05 Å². The maximum Gasteiger partial charge on any atom is 0.257 e. The van der Waals surface area contributed by atoms with Crippen LogP contribution in [-0.2, 0) is 16.6 Å². The maximum atomic E-state index is 12.1. The second kappa shape index (κ2) is 6.28. The first-order valence-electron chi connectivity index (χ1n) is 5.71. The highest BCUT2D eigenvalue weighted by atomic mass is 32.2. The van der Waals surface area contributed by atoms with Crippen LogP contribution in [0.15, 0.2) is 11.2 Å². The molecule has 0 aliphatic heterocycles. The van der Waals surface area contributed by atoms with Crippen molar-refractivity contribution in [2.24, 2.45) is 0 Å². The molecule has 0 radical (unpaired) electrons. The van der Waals surface area contributed by atoms with Gasteiger partial charge in [0.15, 0.2) is 5.03 Å². The van der Waals surface area contributed by atoms with Crippen LogP contribution in [0.2, 0.25) is 0 Å². The SMILES string of the molecule is CNCc1cn[nH]c1S(=O)(=O)NCC(C)N(C)C. The lowest BCUT2D eigenvalue weighted by atomic mass is 10.3. The molecule has 1 heterocycles. The van der Waals surface area contributed by atoms with Gasteiger partial charge >= 0.3 is 0 Å². The minimum absolute atomic E-state index is 0.121. The van der Waals surface area contributed by atoms with E-state index in [-0.39, 0.29) is 11.1 Å². The van der Waals surface area contributed by atoms with Crippen LogP contribution in [0.3, 0.4) is 0 Å². The minimum Gasteiger partial charge on any atom is -0.316 e. The summed E-state index contributed by atoms with van der Waals surface area (Å²) in [7, 11) is 2.03. The van der Waals surface area contributed by atoms with Gasteiger partial charge < -0.3 is 10.2 Å². The van der Waals surface area contributed by atoms with Gasteiger partial charge in [-0.2, -0.15) is 5.10 Å². The molecule has 0 fully saturated rings. The molecular weight excluding hydrogens is 254 g/mol. The van der Waals surface area contributed by atoms with E-state index in [9.17, 15) is 8.42 Å². The first kappa shape index (κ1) is 15.1. The molecule has 7 nitrogen and oxygen atoms in total. The highest BCUT2D eigenvalue weighted by molar-refractivity contribution is 7.89. The number of aromatic amines is 1. The lowest BCUT2D eigenvalue weighted by molar-refractivity contribution is 0.313. The second-order valence-electron chi connectivity index (χ2n) is 4.42. The van der Waals surface area contributed by atoms with Crippen molar-refractivity contribution < 1.29 is 8.42 Å². The summed E-state index contributed by atoms with van der Waals surface area (Å²) in [6.07, 6.45) is 1.51. The molecule has 0 aliphatic rings. The predicted molar refractivity (Wildman–Crippen MR) is 69.7 cm³/mol. The zero-order valence-corrected chi connectivity index (χ0v) is 12.0. The maximum absolute atomic E-state index is 12.1. The largest absolute Gasteiger partial charge is 0.316 e. The van der Waals surface area contributed by atoms with E-state index >= 15 is 0 Å². The Kier molecular flexibility index (Phi) is 5.27. The fourth-order valence-electron chi connectivity index (χ4n) is 1.33. The van der Waals surface area contributed by atoms with Gasteiger partial charge in [-0.05, 0) is 28.1 Å². The number of hydrogen-bond donors (Lipinski definition) is 3. The van der Waals surface area contributed by atoms with Gasteiger partial charge in [-0.3, -0.25) is 5.10 Å². The zero-order valence-electron chi connectivity index (χ0n) is 11.2. The van der Waals surface area contributed by atoms with E-state index in [1.807, 2.05) is 25.9 Å². The molecule has 0 saturated carbocycles. The summed E-state index contributed by atoms with van der Waals surface area (Å²) in [4.78, 5) is 1.95. The predicted octanol–water partition coefficient (Wildman–Crippen LogP) is -0.642. The molecule has 0 amide bonds. The van der Waals surface area contributed by atoms with Gasteiger partial charge in [0.1, 0.15) is 0 Å². The van der Waals surface area contributed by atoms with Crippen LogP contribution in [0.4, 0.5) is 0 Å². The Bertz CT molecular complexity index is 468. The third-order valence-electron chi connectivity index (χ3n) is 2.76. The fraction of sp³-hybridized carbons (Fsp3) is 0.700. The molecule has 0 aromatic carbocycles. The van der Waals surface area contributed by atoms with E-state index < -0.39 is 10.0 Å². The lowest BCUT2D eigenvalue weighted by Gasteiger charge is -2.19. The first-order chi connectivity index (χ1) is 8.38. The summed E-state index contributed by atoms with van der Waals surface area (Å²) in [6.45, 7) is 2.76. The van der Waals surface area contributed by atoms with Gasteiger partial charge in [-0.25, -0.2) is 13.1 Å². The Labute approximate surface area is 108 Å². The van der Waals surface area contributed by atoms with E-state index in [0.717, 1.165) is 0 Å². The summed E-state index contributed by atoms with van der Waals surface area (Å²) in [5.41, 5.74) is 0.627. The van der Waals surface area contributed by atoms with Crippen LogP contribution >= 0.6 is 0 Å². The fourth-order valence-corrected chi connectivity index (χ4v) is 2.58. The highest BCUT2D eigenvalue weighted by Gasteiger charge is 2.21. The van der Waals surface area contributed by atoms with E-state index in [1.165, 1.54) is 6.20 Å². The smallest absolute Gasteiger partial charge is 0.257 e. The number of nitrogens with zero attached hydrogens (tertiary/aromatic N) is 2. The molecule has 1 unspecified atom stereocenters. The van der Waals surface area contributed by atoms with E-state index in [2.05, 4.69) is 20.2 Å². The molecule has 0 bridgehead atoms. The van der Waals surface area contributed by atoms with Crippen molar-refractivity contribution in [3.8, 4) is 0 Å². The summed E-state index contributed by atoms with van der Waals surface area (Å²) < 4.78 is 26.7. The average Bonchev–Trinajstić information content (AvgIpc) is 2.75. The number of aromatic nitrogens is 2. The van der Waals surface area contributed by atoms with Gasteiger partial charge in [-0.1, -0.05) is 0 Å². The van der Waals surface area contributed by atoms with Gasteiger partial charge in [0, 0.05) is 24.7 Å². The van der Waals surface area contributed by atoms with Gasteiger partial charge in [0.2, 0.25) is 0 Å². The lowest BCUT2D eigenvalue weighted by Crippen LogP contribution is -2.38. The monoisotopic (exact) mass is 275 g/mol. The zero-order chi connectivity index (χ0) is 13.8. The minimum atomic E-state index is -3.53. The van der Waals surface area contributed by atoms with Crippen molar-refractivity contribution >= 4 is 10.0 Å². The second-order valence-corrected chi connectivity index (χ2v) is 6.12. The number of nitrogens with one attached hydrogen (secondary N) is 3. The molecule has 8 heteroatoms. The number of hydrogen-bond acceptors (Lipinski definition) is 5. The van der Waals surface area contributed by atoms with Crippen LogP contribution in [-0.4, -0.2) is 57.2 Å². The van der Waals surface area contributed by atoms with E-state index in [0.29, 0.717) is 18.7 Å². The number of rotatable bonds is 7. The summed E-state index contributed by atoms with van der Waals surface area (Å²) in [6, 6.07) is 0.121. The van der Waals surface area contributed by atoms with Crippen molar-refractivity contribution in [2.75, 3.05) is 27.7 Å². The number of likely N-dealkylation sites (N-methyl/N-ethyl adjacent to an activating group) is 1. The van der Waals surface area contributed by atoms with Crippen LogP contribution in [0.1, 0.15) is 12.5 Å². The van der Waals surface area contributed by atoms with Crippen LogP contribution in [0, 0.1) is 0 Å². The Balaban J connectivity index is 2.77. The Morgan fingerprint density at radius 3 is 2.72 bits per heavy atom. The Morgan fingerprint density at radius 2 is 2.17 bits per heavy atom. The number of H-pyrrole nitrogens is 1. The standard InChI is InChI=1S/C10H21N5O2S/c1-8(15(3)4)5-13-18(16,17)10-9(6-11-2)7-12-14-10/h7-8,11,13H,5-6H2,1-4H3,(H,12,14). The molecule has 0 aliphatic carbocycles. The molecule has 104 valence electrons. The van der Waals surface area contributed by atoms with Crippen molar-refractivity contribution in [1.82, 2.24) is 25.1 Å². The summed E-state index contributed by atoms with van der Waals surface area (Å²) in [5.74, 6) is 0. The third kappa shape index (κ3) is 3.77. The topological polar surface area (TPSA) is 90.1 Å². The third-order valence-corrected chi connectivity index (χ3v) is 4.20. The summed E-state index contributed by atoms with van der Waals surface area (Å²) in [5, 5.41) is 9.34. The highest BCUT2D eigenvalue weighted by Crippen LogP contribution is 2.11. The normalized spacial score (nSPS) is 14.1. The molecule has 1 rings (SSSR count). The van der Waals surface area contributed by atoms with Crippen LogP contribution in [0.5, 0.6) is 0 Å². The molecule has 1 atom stereocenters. The van der Waals surface area contributed by atoms with Crippen LogP contribution in [0.25, 0.3) is 0 Å². The van der Waals surface area contributed by atoms with Crippen molar-refractivity contribution in [1.29, 1.82) is 0 Å². The van der Waals surface area contributed by atoms with Gasteiger partial charge in [0.25, 0.3) is 10.0 Å². The van der Waals surface area contributed by atoms with Gasteiger partial charge in [-0.15, -0.1) is 0 Å². The molecule has 0 spiro atoms. The molecule has 3 N–H and O–H groups in total. The first-order valence-corrected chi connectivity index (χ1v) is 7.19. The van der Waals surface area contributed by atoms with E-state index in [4.69, 9.17) is 0 Å². The molecule has 1 aromatic rings. The van der Waals surface area contributed by atoms with Crippen LogP contribution < -0.4 is 10.0 Å². The molecule has 0 saturated heterocycles. The molecular formula is C10H21N5O2S. The molecule has 1 aromatic heterocycles. The average molecular weight is 275 g/mol. The molecule has 18 heavy (non-hydrogen) atoms. The Morgan fingerprint density at radius 1 is 1.50 bits per heavy atom. The van der Waals surface area contributed by atoms with Gasteiger partial charge in [0.05, 0.1) is 6.20 Å². The van der Waals surface area contributed by atoms with Crippen molar-refractivity contribution in [3.05, 3.63) is 11.8 Å². The number of sulfonamides is 1.